The first kappa shape index (κ1) is 12.7. The molecule has 0 aromatic heterocycles. The van der Waals surface area contributed by atoms with Crippen LogP contribution in [-0.2, 0) is 0 Å². The number of aryl methyl sites for hydroxylation is 1. The summed E-state index contributed by atoms with van der Waals surface area (Å²) in [6.07, 6.45) is -0.902. The van der Waals surface area contributed by atoms with E-state index < -0.39 is 6.10 Å². The van der Waals surface area contributed by atoms with Crippen LogP contribution in [-0.4, -0.2) is 11.2 Å². The van der Waals surface area contributed by atoms with E-state index >= 15 is 0 Å². The number of hydrogen-bond donors (Lipinski definition) is 1. The maximum absolute atomic E-state index is 10.2. The Morgan fingerprint density at radius 2 is 1.56 bits per heavy atom. The van der Waals surface area contributed by atoms with Gasteiger partial charge in [-0.2, -0.15) is 0 Å². The van der Waals surface area contributed by atoms with Crippen molar-refractivity contribution in [3.8, 4) is 5.75 Å². The van der Waals surface area contributed by atoms with E-state index in [0.717, 1.165) is 11.3 Å². The molecule has 0 aliphatic carbocycles. The molecule has 0 radical (unpaired) electrons. The Morgan fingerprint density at radius 1 is 0.944 bits per heavy atom. The zero-order chi connectivity index (χ0) is 13.0. The number of hydrogen-bond acceptors (Lipinski definition) is 2. The van der Waals surface area contributed by atoms with Crippen molar-refractivity contribution in [1.82, 2.24) is 0 Å². The van der Waals surface area contributed by atoms with Gasteiger partial charge in [0.05, 0.1) is 0 Å². The number of para-hydroxylation sites is 1. The molecule has 18 heavy (non-hydrogen) atoms. The van der Waals surface area contributed by atoms with E-state index in [1.165, 1.54) is 5.56 Å². The number of aliphatic hydroxyl groups is 1. The molecule has 2 rings (SSSR count). The van der Waals surface area contributed by atoms with Crippen LogP contribution in [0.3, 0.4) is 0 Å². The Bertz CT molecular complexity index is 476. The van der Waals surface area contributed by atoms with Crippen molar-refractivity contribution in [3.63, 3.8) is 0 Å². The fourth-order valence-electron chi connectivity index (χ4n) is 1.81. The second kappa shape index (κ2) is 5.69. The minimum absolute atomic E-state index is 0.282. The monoisotopic (exact) mass is 242 g/mol. The standard InChI is InChI=1S/C16H18O2/c1-12-8-10-14(11-9-12)16(17)13(2)18-15-6-4-3-5-7-15/h3-11,13,16-17H,1-2H3. The first-order valence-electron chi connectivity index (χ1n) is 6.13. The number of aliphatic hydroxyl groups excluding tert-OH is 1. The fraction of sp³-hybridized carbons (Fsp3) is 0.250. The number of ether oxygens (including phenoxy) is 1. The molecule has 0 aliphatic rings. The molecule has 0 amide bonds. The lowest BCUT2D eigenvalue weighted by Gasteiger charge is -2.21. The average Bonchev–Trinajstić information content (AvgIpc) is 2.40. The highest BCUT2D eigenvalue weighted by atomic mass is 16.5. The normalized spacial score (nSPS) is 13.9. The summed E-state index contributed by atoms with van der Waals surface area (Å²) in [5.41, 5.74) is 2.06. The van der Waals surface area contributed by atoms with Crippen molar-refractivity contribution in [2.75, 3.05) is 0 Å². The highest BCUT2D eigenvalue weighted by Crippen LogP contribution is 2.21. The molecule has 2 aromatic carbocycles. The summed E-state index contributed by atoms with van der Waals surface area (Å²) >= 11 is 0. The lowest BCUT2D eigenvalue weighted by atomic mass is 10.0. The van der Waals surface area contributed by atoms with Crippen molar-refractivity contribution >= 4 is 0 Å². The summed E-state index contributed by atoms with van der Waals surface area (Å²) in [5.74, 6) is 0.774. The third-order valence-electron chi connectivity index (χ3n) is 2.93. The Hall–Kier alpha value is -1.80. The van der Waals surface area contributed by atoms with Gasteiger partial charge in [-0.1, -0.05) is 48.0 Å². The predicted molar refractivity (Wildman–Crippen MR) is 72.7 cm³/mol. The molecule has 2 heteroatoms. The summed E-state index contributed by atoms with van der Waals surface area (Å²) in [6.45, 7) is 3.90. The van der Waals surface area contributed by atoms with Gasteiger partial charge in [0.1, 0.15) is 18.0 Å². The van der Waals surface area contributed by atoms with Crippen LogP contribution >= 0.6 is 0 Å². The molecule has 2 nitrogen and oxygen atoms in total. The zero-order valence-electron chi connectivity index (χ0n) is 10.7. The molecule has 0 heterocycles. The van der Waals surface area contributed by atoms with E-state index in [-0.39, 0.29) is 6.10 Å². The van der Waals surface area contributed by atoms with Crippen molar-refractivity contribution in [3.05, 3.63) is 65.7 Å². The van der Waals surface area contributed by atoms with Crippen LogP contribution in [0.2, 0.25) is 0 Å². The Morgan fingerprint density at radius 3 is 2.17 bits per heavy atom. The zero-order valence-corrected chi connectivity index (χ0v) is 10.7. The molecular weight excluding hydrogens is 224 g/mol. The van der Waals surface area contributed by atoms with Crippen molar-refractivity contribution in [1.29, 1.82) is 0 Å². The molecule has 0 saturated heterocycles. The van der Waals surface area contributed by atoms with Crippen LogP contribution in [0.25, 0.3) is 0 Å². The van der Waals surface area contributed by atoms with Crippen LogP contribution < -0.4 is 4.74 Å². The largest absolute Gasteiger partial charge is 0.488 e. The minimum atomic E-state index is -0.620. The van der Waals surface area contributed by atoms with Gasteiger partial charge >= 0.3 is 0 Å². The molecule has 0 spiro atoms. The Balaban J connectivity index is 2.05. The highest BCUT2D eigenvalue weighted by Gasteiger charge is 2.17. The SMILES string of the molecule is Cc1ccc(C(O)C(C)Oc2ccccc2)cc1. The van der Waals surface area contributed by atoms with Gasteiger partial charge in [-0.15, -0.1) is 0 Å². The van der Waals surface area contributed by atoms with Gasteiger partial charge < -0.3 is 9.84 Å². The number of rotatable bonds is 4. The summed E-state index contributed by atoms with van der Waals surface area (Å²) in [7, 11) is 0. The molecule has 2 aromatic rings. The molecule has 0 bridgehead atoms. The first-order valence-corrected chi connectivity index (χ1v) is 6.13. The van der Waals surface area contributed by atoms with Gasteiger partial charge in [0, 0.05) is 0 Å². The van der Waals surface area contributed by atoms with Gasteiger partial charge in [-0.25, -0.2) is 0 Å². The summed E-state index contributed by atoms with van der Waals surface area (Å²) < 4.78 is 5.71. The van der Waals surface area contributed by atoms with Gasteiger partial charge in [0.15, 0.2) is 0 Å². The maximum atomic E-state index is 10.2. The third-order valence-corrected chi connectivity index (χ3v) is 2.93. The quantitative estimate of drug-likeness (QED) is 0.889. The average molecular weight is 242 g/mol. The smallest absolute Gasteiger partial charge is 0.126 e. The van der Waals surface area contributed by atoms with E-state index in [2.05, 4.69) is 0 Å². The highest BCUT2D eigenvalue weighted by molar-refractivity contribution is 5.25. The number of benzene rings is 2. The first-order chi connectivity index (χ1) is 8.66. The summed E-state index contributed by atoms with van der Waals surface area (Å²) in [5, 5.41) is 10.2. The summed E-state index contributed by atoms with van der Waals surface area (Å²) in [4.78, 5) is 0. The topological polar surface area (TPSA) is 29.5 Å². The van der Waals surface area contributed by atoms with Crippen molar-refractivity contribution in [2.24, 2.45) is 0 Å². The molecular formula is C16H18O2. The Labute approximate surface area is 108 Å². The van der Waals surface area contributed by atoms with Crippen molar-refractivity contribution in [2.45, 2.75) is 26.1 Å². The second-order valence-corrected chi connectivity index (χ2v) is 4.49. The molecule has 1 N–H and O–H groups in total. The molecule has 94 valence electrons. The molecule has 2 unspecified atom stereocenters. The lowest BCUT2D eigenvalue weighted by molar-refractivity contribution is 0.0467. The van der Waals surface area contributed by atoms with Crippen LogP contribution in [0.1, 0.15) is 24.2 Å². The van der Waals surface area contributed by atoms with E-state index in [9.17, 15) is 5.11 Å². The minimum Gasteiger partial charge on any atom is -0.488 e. The molecule has 0 fully saturated rings. The fourth-order valence-corrected chi connectivity index (χ4v) is 1.81. The van der Waals surface area contributed by atoms with E-state index in [1.54, 1.807) is 0 Å². The summed E-state index contributed by atoms with van der Waals surface area (Å²) in [6, 6.07) is 17.4. The van der Waals surface area contributed by atoms with Crippen LogP contribution in [0.5, 0.6) is 5.75 Å². The van der Waals surface area contributed by atoms with Crippen molar-refractivity contribution < 1.29 is 9.84 Å². The van der Waals surface area contributed by atoms with Crippen LogP contribution in [0.15, 0.2) is 54.6 Å². The van der Waals surface area contributed by atoms with Gasteiger partial charge in [-0.05, 0) is 31.5 Å². The lowest BCUT2D eigenvalue weighted by Crippen LogP contribution is -2.21. The van der Waals surface area contributed by atoms with E-state index in [4.69, 9.17) is 4.74 Å². The maximum Gasteiger partial charge on any atom is 0.126 e. The third kappa shape index (κ3) is 3.11. The Kier molecular flexibility index (Phi) is 4.00. The van der Waals surface area contributed by atoms with Gasteiger partial charge in [0.2, 0.25) is 0 Å². The molecule has 0 aliphatic heterocycles. The van der Waals surface area contributed by atoms with Gasteiger partial charge in [0.25, 0.3) is 0 Å². The second-order valence-electron chi connectivity index (χ2n) is 4.49. The van der Waals surface area contributed by atoms with Gasteiger partial charge in [-0.3, -0.25) is 0 Å². The van der Waals surface area contributed by atoms with Crippen LogP contribution in [0, 0.1) is 6.92 Å². The van der Waals surface area contributed by atoms with E-state index in [0.29, 0.717) is 0 Å². The molecule has 0 saturated carbocycles. The van der Waals surface area contributed by atoms with E-state index in [1.807, 2.05) is 68.4 Å². The predicted octanol–water partition coefficient (Wildman–Crippen LogP) is 3.50. The van der Waals surface area contributed by atoms with Crippen LogP contribution in [0.4, 0.5) is 0 Å². The molecule has 2 atom stereocenters.